The molecule has 0 aliphatic rings. The standard InChI is InChI=1S/C23H27N3O6S/c1-15-10-17(27)8-9-18(15)16-12-25-26(13-16)21(29)11-23(2,33(3,31)32)14-24-22(30)19-6-4-5-7-20(19)28/h4-10,12-13,21,27-29H,11,14H2,1-3H3,(H,24,30). The molecule has 9 nitrogen and oxygen atoms in total. The molecule has 176 valence electrons. The molecule has 2 unspecified atom stereocenters. The van der Waals surface area contributed by atoms with Crippen molar-refractivity contribution in [3.05, 3.63) is 66.0 Å². The summed E-state index contributed by atoms with van der Waals surface area (Å²) >= 11 is 0. The first-order chi connectivity index (χ1) is 15.4. The maximum Gasteiger partial charge on any atom is 0.255 e. The number of rotatable bonds is 8. The Balaban J connectivity index is 1.78. The summed E-state index contributed by atoms with van der Waals surface area (Å²) in [6.45, 7) is 2.99. The lowest BCUT2D eigenvalue weighted by Crippen LogP contribution is -2.47. The van der Waals surface area contributed by atoms with Gasteiger partial charge in [-0.25, -0.2) is 13.1 Å². The number of hydrogen-bond acceptors (Lipinski definition) is 7. The highest BCUT2D eigenvalue weighted by Gasteiger charge is 2.39. The second-order valence-electron chi connectivity index (χ2n) is 8.31. The summed E-state index contributed by atoms with van der Waals surface area (Å²) < 4.78 is 24.9. The minimum absolute atomic E-state index is 0.0230. The SMILES string of the molecule is Cc1cc(O)ccc1-c1cnn(C(O)CC(C)(CNC(=O)c2ccccc2O)S(C)(=O)=O)c1. The van der Waals surface area contributed by atoms with E-state index in [-0.39, 0.29) is 30.0 Å². The minimum atomic E-state index is -3.72. The number of para-hydroxylation sites is 1. The van der Waals surface area contributed by atoms with Gasteiger partial charge in [0, 0.05) is 31.0 Å². The Kier molecular flexibility index (Phi) is 6.80. The third-order valence-corrected chi connectivity index (χ3v) is 7.81. The highest BCUT2D eigenvalue weighted by molar-refractivity contribution is 7.92. The number of aromatic hydroxyl groups is 2. The van der Waals surface area contributed by atoms with E-state index in [2.05, 4.69) is 10.4 Å². The van der Waals surface area contributed by atoms with Crippen molar-refractivity contribution in [3.63, 3.8) is 0 Å². The predicted octanol–water partition coefficient (Wildman–Crippen LogP) is 2.38. The Morgan fingerprint density at radius 3 is 2.55 bits per heavy atom. The summed E-state index contributed by atoms with van der Waals surface area (Å²) in [6, 6.07) is 10.8. The third kappa shape index (κ3) is 5.35. The summed E-state index contributed by atoms with van der Waals surface area (Å²) in [6.07, 6.45) is 2.66. The molecule has 0 bridgehead atoms. The fourth-order valence-electron chi connectivity index (χ4n) is 3.47. The molecule has 0 fully saturated rings. The number of amides is 1. The lowest BCUT2D eigenvalue weighted by atomic mass is 10.0. The van der Waals surface area contributed by atoms with Gasteiger partial charge in [0.15, 0.2) is 9.84 Å². The second-order valence-corrected chi connectivity index (χ2v) is 10.8. The molecule has 3 aromatic rings. The zero-order chi connectivity index (χ0) is 24.4. The van der Waals surface area contributed by atoms with Crippen molar-refractivity contribution < 1.29 is 28.5 Å². The smallest absolute Gasteiger partial charge is 0.255 e. The van der Waals surface area contributed by atoms with E-state index in [9.17, 15) is 28.5 Å². The number of carbonyl (C=O) groups is 1. The molecule has 1 heterocycles. The van der Waals surface area contributed by atoms with Crippen molar-refractivity contribution in [2.75, 3.05) is 12.8 Å². The number of benzene rings is 2. The highest BCUT2D eigenvalue weighted by Crippen LogP contribution is 2.30. The quantitative estimate of drug-likeness (QED) is 0.393. The van der Waals surface area contributed by atoms with Crippen molar-refractivity contribution in [2.24, 2.45) is 0 Å². The first-order valence-electron chi connectivity index (χ1n) is 10.2. The lowest BCUT2D eigenvalue weighted by molar-refractivity contribution is 0.0689. The number of nitrogens with zero attached hydrogens (tertiary/aromatic N) is 2. The molecule has 0 saturated carbocycles. The lowest BCUT2D eigenvalue weighted by Gasteiger charge is -2.30. The number of hydrogen-bond donors (Lipinski definition) is 4. The van der Waals surface area contributed by atoms with Crippen molar-refractivity contribution in [1.82, 2.24) is 15.1 Å². The molecule has 0 aliphatic heterocycles. The molecule has 3 rings (SSSR count). The average Bonchev–Trinajstić information content (AvgIpc) is 3.21. The van der Waals surface area contributed by atoms with Crippen molar-refractivity contribution in [1.29, 1.82) is 0 Å². The summed E-state index contributed by atoms with van der Waals surface area (Å²) in [5.41, 5.74) is 2.35. The van der Waals surface area contributed by atoms with Crippen molar-refractivity contribution >= 4 is 15.7 Å². The van der Waals surface area contributed by atoms with E-state index in [0.717, 1.165) is 17.4 Å². The van der Waals surface area contributed by atoms with Crippen LogP contribution in [0.2, 0.25) is 0 Å². The topological polar surface area (TPSA) is 142 Å². The van der Waals surface area contributed by atoms with Gasteiger partial charge in [-0.2, -0.15) is 5.10 Å². The molecule has 4 N–H and O–H groups in total. The molecule has 0 spiro atoms. The van der Waals surface area contributed by atoms with Gasteiger partial charge >= 0.3 is 0 Å². The number of phenols is 2. The molecule has 2 atom stereocenters. The van der Waals surface area contributed by atoms with Gasteiger partial charge in [-0.3, -0.25) is 4.79 Å². The van der Waals surface area contributed by atoms with Gasteiger partial charge in [-0.1, -0.05) is 18.2 Å². The fourth-order valence-corrected chi connectivity index (χ4v) is 4.26. The second kappa shape index (κ2) is 9.24. The molecule has 0 saturated heterocycles. The van der Waals surface area contributed by atoms with Crippen LogP contribution in [0, 0.1) is 6.92 Å². The maximum atomic E-state index is 12.6. The number of phenolic OH excluding ortho intramolecular Hbond substituents is 2. The number of carbonyl (C=O) groups excluding carboxylic acids is 1. The highest BCUT2D eigenvalue weighted by atomic mass is 32.2. The zero-order valence-electron chi connectivity index (χ0n) is 18.6. The zero-order valence-corrected chi connectivity index (χ0v) is 19.4. The van der Waals surface area contributed by atoms with E-state index in [4.69, 9.17) is 0 Å². The van der Waals surface area contributed by atoms with Crippen LogP contribution < -0.4 is 5.32 Å². The van der Waals surface area contributed by atoms with Gasteiger partial charge in [0.25, 0.3) is 5.91 Å². The van der Waals surface area contributed by atoms with E-state index < -0.39 is 26.7 Å². The van der Waals surface area contributed by atoms with Crippen LogP contribution in [-0.4, -0.2) is 57.0 Å². The van der Waals surface area contributed by atoms with Gasteiger partial charge in [0.05, 0.1) is 16.5 Å². The van der Waals surface area contributed by atoms with Crippen LogP contribution in [0.1, 0.15) is 35.5 Å². The Morgan fingerprint density at radius 2 is 1.91 bits per heavy atom. The average molecular weight is 474 g/mol. The summed E-state index contributed by atoms with van der Waals surface area (Å²) in [4.78, 5) is 12.4. The van der Waals surface area contributed by atoms with Crippen LogP contribution in [-0.2, 0) is 9.84 Å². The maximum absolute atomic E-state index is 12.6. The Labute approximate surface area is 192 Å². The Morgan fingerprint density at radius 1 is 1.21 bits per heavy atom. The van der Waals surface area contributed by atoms with Crippen LogP contribution in [0.25, 0.3) is 11.1 Å². The van der Waals surface area contributed by atoms with Gasteiger partial charge < -0.3 is 20.6 Å². The number of aryl methyl sites for hydroxylation is 1. The van der Waals surface area contributed by atoms with Gasteiger partial charge in [-0.15, -0.1) is 0 Å². The Bertz CT molecular complexity index is 1270. The molecule has 1 aromatic heterocycles. The van der Waals surface area contributed by atoms with Crippen LogP contribution in [0.4, 0.5) is 0 Å². The number of aromatic nitrogens is 2. The number of aliphatic hydroxyl groups excluding tert-OH is 1. The summed E-state index contributed by atoms with van der Waals surface area (Å²) in [7, 11) is -3.72. The molecule has 33 heavy (non-hydrogen) atoms. The van der Waals surface area contributed by atoms with Crippen molar-refractivity contribution in [3.8, 4) is 22.6 Å². The van der Waals surface area contributed by atoms with Gasteiger partial charge in [0.1, 0.15) is 17.7 Å². The fraction of sp³-hybridized carbons (Fsp3) is 0.304. The van der Waals surface area contributed by atoms with E-state index >= 15 is 0 Å². The van der Waals surface area contributed by atoms with Crippen LogP contribution >= 0.6 is 0 Å². The molecule has 0 aliphatic carbocycles. The van der Waals surface area contributed by atoms with Crippen LogP contribution in [0.5, 0.6) is 11.5 Å². The summed E-state index contributed by atoms with van der Waals surface area (Å²) in [5.74, 6) is -0.704. The number of nitrogens with one attached hydrogen (secondary N) is 1. The Hall–Kier alpha value is -3.37. The van der Waals surface area contributed by atoms with Gasteiger partial charge in [0.2, 0.25) is 0 Å². The van der Waals surface area contributed by atoms with E-state index in [0.29, 0.717) is 5.56 Å². The minimum Gasteiger partial charge on any atom is -0.508 e. The molecule has 0 radical (unpaired) electrons. The third-order valence-electron chi connectivity index (χ3n) is 5.71. The van der Waals surface area contributed by atoms with E-state index in [1.807, 2.05) is 6.92 Å². The monoisotopic (exact) mass is 473 g/mol. The number of aliphatic hydroxyl groups is 1. The normalized spacial score (nSPS) is 14.4. The summed E-state index contributed by atoms with van der Waals surface area (Å²) in [5, 5.41) is 36.9. The molecular weight excluding hydrogens is 446 g/mol. The largest absolute Gasteiger partial charge is 0.508 e. The van der Waals surface area contributed by atoms with E-state index in [1.165, 1.54) is 23.7 Å². The van der Waals surface area contributed by atoms with Crippen LogP contribution in [0.3, 0.4) is 0 Å². The molecular formula is C23H27N3O6S. The predicted molar refractivity (Wildman–Crippen MR) is 124 cm³/mol. The van der Waals surface area contributed by atoms with Gasteiger partial charge in [-0.05, 0) is 49.2 Å². The first kappa shape index (κ1) is 24.3. The molecule has 1 amide bonds. The van der Waals surface area contributed by atoms with E-state index in [1.54, 1.807) is 42.7 Å². The molecule has 10 heteroatoms. The van der Waals surface area contributed by atoms with Crippen LogP contribution in [0.15, 0.2) is 54.9 Å². The number of sulfone groups is 1. The molecule has 2 aromatic carbocycles. The first-order valence-corrected chi connectivity index (χ1v) is 12.1. The van der Waals surface area contributed by atoms with Crippen molar-refractivity contribution in [2.45, 2.75) is 31.2 Å².